The maximum Gasteiger partial charge on any atom is 0.235 e. The van der Waals surface area contributed by atoms with Crippen LogP contribution in [0.25, 0.3) is 0 Å². The predicted octanol–water partition coefficient (Wildman–Crippen LogP) is 3.29. The first-order chi connectivity index (χ1) is 9.08. The summed E-state index contributed by atoms with van der Waals surface area (Å²) in [6.45, 7) is 2.05. The van der Waals surface area contributed by atoms with Crippen molar-refractivity contribution < 1.29 is 9.90 Å². The van der Waals surface area contributed by atoms with Crippen molar-refractivity contribution in [1.82, 2.24) is 5.32 Å². The lowest BCUT2D eigenvalue weighted by molar-refractivity contribution is -0.120. The van der Waals surface area contributed by atoms with E-state index in [4.69, 9.17) is 23.2 Å². The molecule has 3 nitrogen and oxygen atoms in total. The van der Waals surface area contributed by atoms with Gasteiger partial charge in [-0.1, -0.05) is 43.5 Å². The molecule has 0 spiro atoms. The SMILES string of the molecule is CCCCC(O)C(NC(=O)CCl)c1cccc(Cl)c1. The standard InChI is InChI=1S/C14H19Cl2NO2/c1-2-3-7-12(18)14(17-13(19)9-15)10-5-4-6-11(16)8-10/h4-6,8,12,14,18H,2-3,7,9H2,1H3,(H,17,19). The zero-order chi connectivity index (χ0) is 14.3. The van der Waals surface area contributed by atoms with Gasteiger partial charge >= 0.3 is 0 Å². The smallest absolute Gasteiger partial charge is 0.235 e. The Labute approximate surface area is 123 Å². The molecule has 0 aliphatic carbocycles. The summed E-state index contributed by atoms with van der Waals surface area (Å²) >= 11 is 11.5. The number of hydrogen-bond donors (Lipinski definition) is 2. The highest BCUT2D eigenvalue weighted by atomic mass is 35.5. The molecular weight excluding hydrogens is 285 g/mol. The Morgan fingerprint density at radius 3 is 2.79 bits per heavy atom. The van der Waals surface area contributed by atoms with E-state index < -0.39 is 12.1 Å². The first-order valence-electron chi connectivity index (χ1n) is 6.37. The molecule has 0 heterocycles. The van der Waals surface area contributed by atoms with Crippen molar-refractivity contribution in [3.05, 3.63) is 34.9 Å². The fraction of sp³-hybridized carbons (Fsp3) is 0.500. The van der Waals surface area contributed by atoms with E-state index in [2.05, 4.69) is 12.2 Å². The summed E-state index contributed by atoms with van der Waals surface area (Å²) < 4.78 is 0. The fourth-order valence-corrected chi connectivity index (χ4v) is 2.17. The lowest BCUT2D eigenvalue weighted by atomic mass is 9.97. The molecule has 1 rings (SSSR count). The minimum Gasteiger partial charge on any atom is -0.391 e. The normalized spacial score (nSPS) is 13.9. The average Bonchev–Trinajstić information content (AvgIpc) is 2.41. The van der Waals surface area contributed by atoms with Crippen LogP contribution in [0, 0.1) is 0 Å². The number of carbonyl (C=O) groups is 1. The summed E-state index contributed by atoms with van der Waals surface area (Å²) in [5, 5.41) is 13.5. The second-order valence-electron chi connectivity index (χ2n) is 4.44. The first-order valence-corrected chi connectivity index (χ1v) is 7.28. The second-order valence-corrected chi connectivity index (χ2v) is 5.15. The molecule has 106 valence electrons. The minimum atomic E-state index is -0.648. The number of aliphatic hydroxyl groups excluding tert-OH is 1. The quantitative estimate of drug-likeness (QED) is 0.759. The number of benzene rings is 1. The second kappa shape index (κ2) is 8.41. The Bertz CT molecular complexity index is 412. The molecule has 2 unspecified atom stereocenters. The Hall–Kier alpha value is -0.770. The molecule has 5 heteroatoms. The number of alkyl halides is 1. The third kappa shape index (κ3) is 5.39. The number of nitrogens with one attached hydrogen (secondary N) is 1. The number of hydrogen-bond acceptors (Lipinski definition) is 2. The molecule has 0 radical (unpaired) electrons. The van der Waals surface area contributed by atoms with Crippen molar-refractivity contribution in [2.75, 3.05) is 5.88 Å². The van der Waals surface area contributed by atoms with Gasteiger partial charge in [0.1, 0.15) is 5.88 Å². The Balaban J connectivity index is 2.87. The number of rotatable bonds is 7. The van der Waals surface area contributed by atoms with Crippen LogP contribution in [0.15, 0.2) is 24.3 Å². The van der Waals surface area contributed by atoms with Gasteiger partial charge in [-0.05, 0) is 24.1 Å². The van der Waals surface area contributed by atoms with Crippen molar-refractivity contribution in [1.29, 1.82) is 0 Å². The van der Waals surface area contributed by atoms with Crippen molar-refractivity contribution in [3.8, 4) is 0 Å². The van der Waals surface area contributed by atoms with Crippen LogP contribution in [0.5, 0.6) is 0 Å². The molecule has 2 atom stereocenters. The topological polar surface area (TPSA) is 49.3 Å². The Morgan fingerprint density at radius 1 is 1.47 bits per heavy atom. The third-order valence-corrected chi connectivity index (χ3v) is 3.36. The largest absolute Gasteiger partial charge is 0.391 e. The van der Waals surface area contributed by atoms with Crippen LogP contribution in [0.4, 0.5) is 0 Å². The fourth-order valence-electron chi connectivity index (χ4n) is 1.89. The Morgan fingerprint density at radius 2 is 2.21 bits per heavy atom. The monoisotopic (exact) mass is 303 g/mol. The highest BCUT2D eigenvalue weighted by Crippen LogP contribution is 2.23. The lowest BCUT2D eigenvalue weighted by Crippen LogP contribution is -2.37. The van der Waals surface area contributed by atoms with Gasteiger partial charge in [-0.3, -0.25) is 4.79 Å². The van der Waals surface area contributed by atoms with Gasteiger partial charge in [-0.25, -0.2) is 0 Å². The first kappa shape index (κ1) is 16.3. The predicted molar refractivity (Wildman–Crippen MR) is 78.6 cm³/mol. The van der Waals surface area contributed by atoms with E-state index in [1.54, 1.807) is 18.2 Å². The van der Waals surface area contributed by atoms with Gasteiger partial charge in [-0.2, -0.15) is 0 Å². The molecule has 0 saturated heterocycles. The van der Waals surface area contributed by atoms with Gasteiger partial charge in [0.2, 0.25) is 5.91 Å². The lowest BCUT2D eigenvalue weighted by Gasteiger charge is -2.24. The summed E-state index contributed by atoms with van der Waals surface area (Å²) in [4.78, 5) is 11.5. The molecule has 1 amide bonds. The number of aliphatic hydroxyl groups is 1. The number of unbranched alkanes of at least 4 members (excludes halogenated alkanes) is 1. The van der Waals surface area contributed by atoms with E-state index >= 15 is 0 Å². The van der Waals surface area contributed by atoms with Gasteiger partial charge in [0.25, 0.3) is 0 Å². The van der Waals surface area contributed by atoms with Crippen LogP contribution < -0.4 is 5.32 Å². The summed E-state index contributed by atoms with van der Waals surface area (Å²) in [7, 11) is 0. The number of amides is 1. The zero-order valence-electron chi connectivity index (χ0n) is 10.9. The maximum atomic E-state index is 11.5. The van der Waals surface area contributed by atoms with E-state index in [1.807, 2.05) is 6.07 Å². The maximum absolute atomic E-state index is 11.5. The summed E-state index contributed by atoms with van der Waals surface area (Å²) in [6.07, 6.45) is 1.86. The summed E-state index contributed by atoms with van der Waals surface area (Å²) in [6, 6.07) is 6.65. The van der Waals surface area contributed by atoms with Crippen LogP contribution in [0.2, 0.25) is 5.02 Å². The highest BCUT2D eigenvalue weighted by molar-refractivity contribution is 6.30. The molecule has 0 aliphatic rings. The molecule has 0 bridgehead atoms. The molecule has 1 aromatic carbocycles. The summed E-state index contributed by atoms with van der Waals surface area (Å²) in [5.74, 6) is -0.431. The van der Waals surface area contributed by atoms with Crippen LogP contribution >= 0.6 is 23.2 Å². The average molecular weight is 304 g/mol. The molecular formula is C14H19Cl2NO2. The van der Waals surface area contributed by atoms with E-state index in [1.165, 1.54) is 0 Å². The van der Waals surface area contributed by atoms with Crippen LogP contribution in [0.1, 0.15) is 37.8 Å². The third-order valence-electron chi connectivity index (χ3n) is 2.88. The van der Waals surface area contributed by atoms with E-state index in [9.17, 15) is 9.90 Å². The molecule has 0 saturated carbocycles. The van der Waals surface area contributed by atoms with Crippen molar-refractivity contribution >= 4 is 29.1 Å². The van der Waals surface area contributed by atoms with Gasteiger partial charge in [0.05, 0.1) is 12.1 Å². The van der Waals surface area contributed by atoms with Gasteiger partial charge in [-0.15, -0.1) is 11.6 Å². The van der Waals surface area contributed by atoms with E-state index in [0.29, 0.717) is 11.4 Å². The number of carbonyl (C=O) groups excluding carboxylic acids is 1. The van der Waals surface area contributed by atoms with E-state index in [-0.39, 0.29) is 11.8 Å². The van der Waals surface area contributed by atoms with Crippen molar-refractivity contribution in [2.45, 2.75) is 38.3 Å². The molecule has 19 heavy (non-hydrogen) atoms. The highest BCUT2D eigenvalue weighted by Gasteiger charge is 2.22. The van der Waals surface area contributed by atoms with Crippen molar-refractivity contribution in [3.63, 3.8) is 0 Å². The van der Waals surface area contributed by atoms with Crippen LogP contribution in [0.3, 0.4) is 0 Å². The van der Waals surface area contributed by atoms with Crippen LogP contribution in [-0.2, 0) is 4.79 Å². The van der Waals surface area contributed by atoms with Gasteiger partial charge in [0.15, 0.2) is 0 Å². The zero-order valence-corrected chi connectivity index (χ0v) is 12.4. The molecule has 0 fully saturated rings. The number of halogens is 2. The van der Waals surface area contributed by atoms with Gasteiger partial charge < -0.3 is 10.4 Å². The van der Waals surface area contributed by atoms with Crippen molar-refractivity contribution in [2.24, 2.45) is 0 Å². The minimum absolute atomic E-state index is 0.127. The molecule has 0 aromatic heterocycles. The Kier molecular flexibility index (Phi) is 7.21. The molecule has 0 aliphatic heterocycles. The van der Waals surface area contributed by atoms with Gasteiger partial charge in [0, 0.05) is 5.02 Å². The summed E-state index contributed by atoms with van der Waals surface area (Å²) in [5.41, 5.74) is 0.787. The van der Waals surface area contributed by atoms with Crippen LogP contribution in [-0.4, -0.2) is 23.0 Å². The molecule has 2 N–H and O–H groups in total. The van der Waals surface area contributed by atoms with E-state index in [0.717, 1.165) is 18.4 Å². The molecule has 1 aromatic rings.